The minimum atomic E-state index is -0.0494. The van der Waals surface area contributed by atoms with E-state index in [2.05, 4.69) is 21.8 Å². The van der Waals surface area contributed by atoms with Crippen molar-refractivity contribution in [3.05, 3.63) is 29.6 Å². The lowest BCUT2D eigenvalue weighted by atomic mass is 10.2. The highest BCUT2D eigenvalue weighted by molar-refractivity contribution is 5.81. The molecular formula is C16H26N4O. The fourth-order valence-electron chi connectivity index (χ4n) is 2.74. The standard InChI is InChI=1S/C16H26N4O/c1-13-11-15(5-6-17-13)12-19(4)16(21)14(2)20-9-7-18(3)8-10-20/h5-6,11,14H,7-10,12H2,1-4H3/t14-/m0/s1. The molecule has 0 bridgehead atoms. The van der Waals surface area contributed by atoms with Crippen LogP contribution in [0.5, 0.6) is 0 Å². The number of pyridine rings is 1. The Hall–Kier alpha value is -1.46. The first-order chi connectivity index (χ1) is 9.97. The second-order valence-electron chi connectivity index (χ2n) is 6.01. The van der Waals surface area contributed by atoms with Crippen LogP contribution >= 0.6 is 0 Å². The van der Waals surface area contributed by atoms with Crippen molar-refractivity contribution >= 4 is 5.91 Å². The van der Waals surface area contributed by atoms with Gasteiger partial charge in [-0.3, -0.25) is 14.7 Å². The molecule has 1 aliphatic rings. The van der Waals surface area contributed by atoms with E-state index in [1.54, 1.807) is 6.20 Å². The van der Waals surface area contributed by atoms with Crippen LogP contribution in [-0.2, 0) is 11.3 Å². The highest BCUT2D eigenvalue weighted by Crippen LogP contribution is 2.10. The molecule has 5 heteroatoms. The Morgan fingerprint density at radius 1 is 1.38 bits per heavy atom. The molecule has 1 aliphatic heterocycles. The van der Waals surface area contributed by atoms with Gasteiger partial charge in [-0.05, 0) is 38.6 Å². The van der Waals surface area contributed by atoms with Crippen LogP contribution in [0.1, 0.15) is 18.2 Å². The summed E-state index contributed by atoms with van der Waals surface area (Å²) in [6.45, 7) is 8.62. The van der Waals surface area contributed by atoms with E-state index in [-0.39, 0.29) is 11.9 Å². The highest BCUT2D eigenvalue weighted by Gasteiger charge is 2.26. The molecule has 1 atom stereocenters. The van der Waals surface area contributed by atoms with Crippen molar-refractivity contribution in [2.24, 2.45) is 0 Å². The van der Waals surface area contributed by atoms with Gasteiger partial charge in [-0.25, -0.2) is 0 Å². The van der Waals surface area contributed by atoms with Crippen LogP contribution in [0.4, 0.5) is 0 Å². The predicted molar refractivity (Wildman–Crippen MR) is 84.0 cm³/mol. The summed E-state index contributed by atoms with van der Waals surface area (Å²) < 4.78 is 0. The number of amides is 1. The van der Waals surface area contributed by atoms with Crippen molar-refractivity contribution in [1.29, 1.82) is 0 Å². The number of piperazine rings is 1. The molecule has 1 amide bonds. The summed E-state index contributed by atoms with van der Waals surface area (Å²) in [7, 11) is 4.01. The molecule has 1 aromatic heterocycles. The van der Waals surface area contributed by atoms with E-state index in [9.17, 15) is 4.79 Å². The van der Waals surface area contributed by atoms with Crippen LogP contribution in [-0.4, -0.2) is 71.9 Å². The Bertz CT molecular complexity index is 483. The predicted octanol–water partition coefficient (Wildman–Crippen LogP) is 0.984. The molecule has 1 saturated heterocycles. The molecule has 1 aromatic rings. The molecule has 0 N–H and O–H groups in total. The van der Waals surface area contributed by atoms with Crippen molar-refractivity contribution in [1.82, 2.24) is 19.7 Å². The van der Waals surface area contributed by atoms with Gasteiger partial charge in [0.05, 0.1) is 6.04 Å². The molecule has 0 aromatic carbocycles. The maximum absolute atomic E-state index is 12.6. The monoisotopic (exact) mass is 290 g/mol. The van der Waals surface area contributed by atoms with E-state index in [0.29, 0.717) is 6.54 Å². The van der Waals surface area contributed by atoms with Gasteiger partial charge in [0.15, 0.2) is 0 Å². The Kier molecular flexibility index (Phi) is 5.31. The molecule has 116 valence electrons. The van der Waals surface area contributed by atoms with Crippen molar-refractivity contribution < 1.29 is 4.79 Å². The Balaban J connectivity index is 1.92. The summed E-state index contributed by atoms with van der Waals surface area (Å²) in [5, 5.41) is 0. The van der Waals surface area contributed by atoms with Gasteiger partial charge >= 0.3 is 0 Å². The minimum Gasteiger partial charge on any atom is -0.340 e. The molecule has 0 radical (unpaired) electrons. The summed E-state index contributed by atoms with van der Waals surface area (Å²) in [5.41, 5.74) is 2.12. The SMILES string of the molecule is Cc1cc(CN(C)C(=O)[C@H](C)N2CCN(C)CC2)ccn1. The molecule has 0 aliphatic carbocycles. The second kappa shape index (κ2) is 7.00. The smallest absolute Gasteiger partial charge is 0.239 e. The van der Waals surface area contributed by atoms with Gasteiger partial charge in [-0.15, -0.1) is 0 Å². The fourth-order valence-corrected chi connectivity index (χ4v) is 2.74. The van der Waals surface area contributed by atoms with Crippen molar-refractivity contribution in [2.75, 3.05) is 40.3 Å². The van der Waals surface area contributed by atoms with Crippen molar-refractivity contribution in [3.8, 4) is 0 Å². The molecular weight excluding hydrogens is 264 g/mol. The van der Waals surface area contributed by atoms with E-state index in [1.807, 2.05) is 37.9 Å². The zero-order chi connectivity index (χ0) is 15.4. The lowest BCUT2D eigenvalue weighted by Gasteiger charge is -2.37. The number of carbonyl (C=O) groups is 1. The van der Waals surface area contributed by atoms with Crippen LogP contribution in [0.2, 0.25) is 0 Å². The normalized spacial score (nSPS) is 18.5. The van der Waals surface area contributed by atoms with E-state index in [4.69, 9.17) is 0 Å². The Morgan fingerprint density at radius 3 is 2.67 bits per heavy atom. The van der Waals surface area contributed by atoms with Gasteiger partial charge in [0.25, 0.3) is 0 Å². The van der Waals surface area contributed by atoms with Gasteiger partial charge in [-0.2, -0.15) is 0 Å². The largest absolute Gasteiger partial charge is 0.340 e. The number of aryl methyl sites for hydroxylation is 1. The average Bonchev–Trinajstić information content (AvgIpc) is 2.46. The topological polar surface area (TPSA) is 39.7 Å². The van der Waals surface area contributed by atoms with E-state index >= 15 is 0 Å². The van der Waals surface area contributed by atoms with Gasteiger partial charge in [0, 0.05) is 51.7 Å². The van der Waals surface area contributed by atoms with E-state index < -0.39 is 0 Å². The number of rotatable bonds is 4. The summed E-state index contributed by atoms with van der Waals surface area (Å²) in [5.74, 6) is 0.189. The van der Waals surface area contributed by atoms with Gasteiger partial charge in [0.2, 0.25) is 5.91 Å². The second-order valence-corrected chi connectivity index (χ2v) is 6.01. The molecule has 5 nitrogen and oxygen atoms in total. The Morgan fingerprint density at radius 2 is 2.05 bits per heavy atom. The lowest BCUT2D eigenvalue weighted by molar-refractivity contribution is -0.136. The molecule has 21 heavy (non-hydrogen) atoms. The molecule has 0 spiro atoms. The van der Waals surface area contributed by atoms with Crippen LogP contribution < -0.4 is 0 Å². The zero-order valence-corrected chi connectivity index (χ0v) is 13.5. The Labute approximate surface area is 127 Å². The number of hydrogen-bond donors (Lipinski definition) is 0. The van der Waals surface area contributed by atoms with Crippen LogP contribution in [0, 0.1) is 6.92 Å². The highest BCUT2D eigenvalue weighted by atomic mass is 16.2. The molecule has 1 fully saturated rings. The molecule has 2 rings (SSSR count). The first-order valence-electron chi connectivity index (χ1n) is 7.56. The van der Waals surface area contributed by atoms with Gasteiger partial charge in [-0.1, -0.05) is 0 Å². The maximum atomic E-state index is 12.6. The third-order valence-electron chi connectivity index (χ3n) is 4.20. The minimum absolute atomic E-state index is 0.0494. The van der Waals surface area contributed by atoms with Crippen LogP contribution in [0.25, 0.3) is 0 Å². The first-order valence-corrected chi connectivity index (χ1v) is 7.56. The summed E-state index contributed by atoms with van der Waals surface area (Å²) in [4.78, 5) is 23.2. The maximum Gasteiger partial charge on any atom is 0.239 e. The number of nitrogens with zero attached hydrogens (tertiary/aromatic N) is 4. The fraction of sp³-hybridized carbons (Fsp3) is 0.625. The summed E-state index contributed by atoms with van der Waals surface area (Å²) >= 11 is 0. The lowest BCUT2D eigenvalue weighted by Crippen LogP contribution is -2.53. The summed E-state index contributed by atoms with van der Waals surface area (Å²) in [6, 6.07) is 3.95. The number of aromatic nitrogens is 1. The number of carbonyl (C=O) groups excluding carboxylic acids is 1. The zero-order valence-electron chi connectivity index (χ0n) is 13.5. The first kappa shape index (κ1) is 15.9. The molecule has 2 heterocycles. The van der Waals surface area contributed by atoms with E-state index in [1.165, 1.54) is 0 Å². The third-order valence-corrected chi connectivity index (χ3v) is 4.20. The van der Waals surface area contributed by atoms with Crippen LogP contribution in [0.3, 0.4) is 0 Å². The third kappa shape index (κ3) is 4.25. The van der Waals surface area contributed by atoms with Gasteiger partial charge in [0.1, 0.15) is 0 Å². The van der Waals surface area contributed by atoms with Crippen molar-refractivity contribution in [2.45, 2.75) is 26.4 Å². The van der Waals surface area contributed by atoms with Gasteiger partial charge < -0.3 is 9.80 Å². The number of hydrogen-bond acceptors (Lipinski definition) is 4. The molecule has 0 unspecified atom stereocenters. The average molecular weight is 290 g/mol. The molecule has 0 saturated carbocycles. The van der Waals surface area contributed by atoms with E-state index in [0.717, 1.165) is 37.4 Å². The number of likely N-dealkylation sites (N-methyl/N-ethyl adjacent to an activating group) is 2. The van der Waals surface area contributed by atoms with Crippen molar-refractivity contribution in [3.63, 3.8) is 0 Å². The summed E-state index contributed by atoms with van der Waals surface area (Å²) in [6.07, 6.45) is 1.80. The quantitative estimate of drug-likeness (QED) is 0.829. The van der Waals surface area contributed by atoms with Crippen LogP contribution in [0.15, 0.2) is 18.3 Å².